The number of aromatic nitrogens is 2. The van der Waals surface area contributed by atoms with E-state index in [1.54, 1.807) is 18.2 Å². The standard InChI is InChI=1S/C11H11Br2N3O3S/c12-9-2-1-3-10(13)11(9)15-20(18,19)8-6-14-16(7-8)4-5-17/h1-3,6-7,15,17H,4-5H2. The molecule has 1 aromatic carbocycles. The highest BCUT2D eigenvalue weighted by atomic mass is 79.9. The Bertz CT molecular complexity index is 695. The minimum atomic E-state index is -3.73. The topological polar surface area (TPSA) is 84.2 Å². The van der Waals surface area contributed by atoms with Crippen molar-refractivity contribution in [2.24, 2.45) is 0 Å². The van der Waals surface area contributed by atoms with Gasteiger partial charge in [-0.05, 0) is 44.0 Å². The van der Waals surface area contributed by atoms with Crippen LogP contribution >= 0.6 is 31.9 Å². The van der Waals surface area contributed by atoms with Crippen molar-refractivity contribution >= 4 is 47.6 Å². The van der Waals surface area contributed by atoms with E-state index in [9.17, 15) is 8.42 Å². The van der Waals surface area contributed by atoms with Crippen LogP contribution in [-0.4, -0.2) is 29.9 Å². The van der Waals surface area contributed by atoms with Crippen LogP contribution < -0.4 is 4.72 Å². The van der Waals surface area contributed by atoms with Crippen molar-refractivity contribution in [3.05, 3.63) is 39.5 Å². The first-order chi connectivity index (χ1) is 9.44. The molecule has 1 heterocycles. The number of benzene rings is 1. The summed E-state index contributed by atoms with van der Waals surface area (Å²) in [6, 6.07) is 5.25. The summed E-state index contributed by atoms with van der Waals surface area (Å²) >= 11 is 6.58. The van der Waals surface area contributed by atoms with Gasteiger partial charge in [-0.2, -0.15) is 5.10 Å². The predicted molar refractivity (Wildman–Crippen MR) is 82.0 cm³/mol. The zero-order chi connectivity index (χ0) is 14.8. The number of sulfonamides is 1. The predicted octanol–water partition coefficient (Wildman–Crippen LogP) is 2.20. The van der Waals surface area contributed by atoms with E-state index in [1.807, 2.05) is 0 Å². The number of halogens is 2. The van der Waals surface area contributed by atoms with Gasteiger partial charge in [-0.25, -0.2) is 8.42 Å². The van der Waals surface area contributed by atoms with Crippen molar-refractivity contribution in [1.29, 1.82) is 0 Å². The highest BCUT2D eigenvalue weighted by Gasteiger charge is 2.19. The van der Waals surface area contributed by atoms with Gasteiger partial charge in [0.05, 0.1) is 25.0 Å². The fourth-order valence-corrected chi connectivity index (χ4v) is 4.01. The number of anilines is 1. The molecule has 6 nitrogen and oxygen atoms in total. The van der Waals surface area contributed by atoms with E-state index in [-0.39, 0.29) is 18.0 Å². The van der Waals surface area contributed by atoms with E-state index in [2.05, 4.69) is 41.7 Å². The van der Waals surface area contributed by atoms with E-state index in [4.69, 9.17) is 5.11 Å². The van der Waals surface area contributed by atoms with E-state index in [0.717, 1.165) is 0 Å². The summed E-state index contributed by atoms with van der Waals surface area (Å²) in [4.78, 5) is 0.0357. The molecule has 0 unspecified atom stereocenters. The van der Waals surface area contributed by atoms with Gasteiger partial charge in [-0.15, -0.1) is 0 Å². The minimum Gasteiger partial charge on any atom is -0.394 e. The smallest absolute Gasteiger partial charge is 0.265 e. The number of nitrogens with zero attached hydrogens (tertiary/aromatic N) is 2. The highest BCUT2D eigenvalue weighted by Crippen LogP contribution is 2.32. The van der Waals surface area contributed by atoms with Crippen LogP contribution in [0.3, 0.4) is 0 Å². The Morgan fingerprint density at radius 3 is 2.55 bits per heavy atom. The maximum Gasteiger partial charge on any atom is 0.265 e. The number of aliphatic hydroxyl groups excluding tert-OH is 1. The molecule has 0 aliphatic heterocycles. The van der Waals surface area contributed by atoms with Gasteiger partial charge < -0.3 is 5.11 Å². The maximum atomic E-state index is 12.3. The molecule has 2 N–H and O–H groups in total. The van der Waals surface area contributed by atoms with Gasteiger partial charge in [0.15, 0.2) is 0 Å². The molecule has 20 heavy (non-hydrogen) atoms. The van der Waals surface area contributed by atoms with Crippen LogP contribution in [0.4, 0.5) is 5.69 Å². The van der Waals surface area contributed by atoms with Crippen molar-refractivity contribution in [3.63, 3.8) is 0 Å². The molecule has 0 aliphatic carbocycles. The van der Waals surface area contributed by atoms with Crippen LogP contribution in [0.15, 0.2) is 44.4 Å². The van der Waals surface area contributed by atoms with Crippen LogP contribution in [0.1, 0.15) is 0 Å². The molecule has 0 amide bonds. The first-order valence-corrected chi connectivity index (χ1v) is 8.61. The zero-order valence-electron chi connectivity index (χ0n) is 10.1. The van der Waals surface area contributed by atoms with Crippen LogP contribution in [0.25, 0.3) is 0 Å². The average molecular weight is 425 g/mol. The van der Waals surface area contributed by atoms with E-state index >= 15 is 0 Å². The Morgan fingerprint density at radius 1 is 1.30 bits per heavy atom. The Labute approximate surface area is 133 Å². The Morgan fingerprint density at radius 2 is 1.95 bits per heavy atom. The third kappa shape index (κ3) is 3.40. The molecule has 2 aromatic rings. The number of hydrogen-bond acceptors (Lipinski definition) is 4. The lowest BCUT2D eigenvalue weighted by Gasteiger charge is -2.10. The zero-order valence-corrected chi connectivity index (χ0v) is 14.1. The third-order valence-corrected chi connectivity index (χ3v) is 5.07. The van der Waals surface area contributed by atoms with Gasteiger partial charge in [0, 0.05) is 15.1 Å². The lowest BCUT2D eigenvalue weighted by atomic mass is 10.3. The van der Waals surface area contributed by atoms with E-state index in [1.165, 1.54) is 17.1 Å². The van der Waals surface area contributed by atoms with Crippen LogP contribution in [0.5, 0.6) is 0 Å². The van der Waals surface area contributed by atoms with Gasteiger partial charge in [0.2, 0.25) is 0 Å². The molecule has 0 saturated carbocycles. The summed E-state index contributed by atoms with van der Waals surface area (Å²) in [6.45, 7) is 0.138. The summed E-state index contributed by atoms with van der Waals surface area (Å²) in [5.41, 5.74) is 0.419. The Balaban J connectivity index is 2.31. The SMILES string of the molecule is O=S(=O)(Nc1c(Br)cccc1Br)c1cnn(CCO)c1. The molecule has 0 fully saturated rings. The number of hydrogen-bond donors (Lipinski definition) is 2. The molecule has 9 heteroatoms. The molecule has 108 valence electrons. The lowest BCUT2D eigenvalue weighted by molar-refractivity contribution is 0.269. The lowest BCUT2D eigenvalue weighted by Crippen LogP contribution is -2.13. The fourth-order valence-electron chi connectivity index (χ4n) is 1.50. The Hall–Kier alpha value is -0.900. The van der Waals surface area contributed by atoms with Gasteiger partial charge in [0.25, 0.3) is 10.0 Å². The second kappa shape index (κ2) is 6.25. The van der Waals surface area contributed by atoms with Gasteiger partial charge in [0.1, 0.15) is 4.90 Å². The summed E-state index contributed by atoms with van der Waals surface area (Å²) < 4.78 is 29.6. The molecule has 0 atom stereocenters. The largest absolute Gasteiger partial charge is 0.394 e. The second-order valence-electron chi connectivity index (χ2n) is 3.86. The molecular weight excluding hydrogens is 414 g/mol. The molecule has 0 saturated heterocycles. The monoisotopic (exact) mass is 423 g/mol. The van der Waals surface area contributed by atoms with E-state index < -0.39 is 10.0 Å². The van der Waals surface area contributed by atoms with Gasteiger partial charge in [-0.1, -0.05) is 6.07 Å². The van der Waals surface area contributed by atoms with Crippen molar-refractivity contribution in [2.75, 3.05) is 11.3 Å². The van der Waals surface area contributed by atoms with E-state index in [0.29, 0.717) is 14.6 Å². The van der Waals surface area contributed by atoms with Crippen molar-refractivity contribution in [3.8, 4) is 0 Å². The van der Waals surface area contributed by atoms with Gasteiger partial charge in [-0.3, -0.25) is 9.40 Å². The van der Waals surface area contributed by atoms with Crippen molar-refractivity contribution in [2.45, 2.75) is 11.4 Å². The molecule has 1 aromatic heterocycles. The van der Waals surface area contributed by atoms with Crippen molar-refractivity contribution in [1.82, 2.24) is 9.78 Å². The first kappa shape index (κ1) is 15.5. The molecule has 0 aliphatic rings. The molecule has 0 spiro atoms. The van der Waals surface area contributed by atoms with Crippen LogP contribution in [0.2, 0.25) is 0 Å². The van der Waals surface area contributed by atoms with Crippen molar-refractivity contribution < 1.29 is 13.5 Å². The Kier molecular flexibility index (Phi) is 4.84. The summed E-state index contributed by atoms with van der Waals surface area (Å²) in [6.07, 6.45) is 2.60. The normalized spacial score (nSPS) is 11.6. The van der Waals surface area contributed by atoms with Crippen LogP contribution in [-0.2, 0) is 16.6 Å². The molecule has 2 rings (SSSR count). The molecule has 0 bridgehead atoms. The van der Waals surface area contributed by atoms with Gasteiger partial charge >= 0.3 is 0 Å². The first-order valence-electron chi connectivity index (χ1n) is 5.54. The number of aliphatic hydroxyl groups is 1. The molecular formula is C11H11Br2N3O3S. The number of nitrogens with one attached hydrogen (secondary N) is 1. The maximum absolute atomic E-state index is 12.3. The van der Waals surface area contributed by atoms with Crippen LogP contribution in [0, 0.1) is 0 Å². The molecule has 0 radical (unpaired) electrons. The summed E-state index contributed by atoms with van der Waals surface area (Å²) in [5, 5.41) is 12.7. The third-order valence-electron chi connectivity index (χ3n) is 2.45. The fraction of sp³-hybridized carbons (Fsp3) is 0.182. The number of rotatable bonds is 5. The summed E-state index contributed by atoms with van der Waals surface area (Å²) in [7, 11) is -3.73. The summed E-state index contributed by atoms with van der Waals surface area (Å²) in [5.74, 6) is 0. The quantitative estimate of drug-likeness (QED) is 0.770. The number of para-hydroxylation sites is 1. The average Bonchev–Trinajstić information content (AvgIpc) is 2.84. The second-order valence-corrected chi connectivity index (χ2v) is 7.26. The minimum absolute atomic E-state index is 0.0357. The highest BCUT2D eigenvalue weighted by molar-refractivity contribution is 9.11.